The first-order valence-corrected chi connectivity index (χ1v) is 12.7. The average molecular weight is 515 g/mol. The Kier molecular flexibility index (Phi) is 6.43. The van der Waals surface area contributed by atoms with Gasteiger partial charge in [-0.25, -0.2) is 4.98 Å². The highest BCUT2D eigenvalue weighted by Crippen LogP contribution is 2.45. The number of Topliss-reactive ketones (excluding diaryl/α,β-unsaturated/α-hetero) is 1. The van der Waals surface area contributed by atoms with Crippen molar-refractivity contribution in [3.63, 3.8) is 0 Å². The highest BCUT2D eigenvalue weighted by molar-refractivity contribution is 7.22. The number of aliphatic hydroxyl groups excluding tert-OH is 1. The van der Waals surface area contributed by atoms with Crippen molar-refractivity contribution in [1.82, 2.24) is 4.98 Å². The van der Waals surface area contributed by atoms with Crippen LogP contribution in [0.3, 0.4) is 0 Å². The predicted molar refractivity (Wildman–Crippen MR) is 144 cm³/mol. The van der Waals surface area contributed by atoms with Gasteiger partial charge >= 0.3 is 5.91 Å². The molecule has 2 heterocycles. The van der Waals surface area contributed by atoms with Crippen molar-refractivity contribution < 1.29 is 24.2 Å². The van der Waals surface area contributed by atoms with Crippen molar-refractivity contribution in [3.8, 4) is 11.5 Å². The van der Waals surface area contributed by atoms with Gasteiger partial charge in [-0.3, -0.25) is 14.5 Å². The first-order valence-electron chi connectivity index (χ1n) is 11.9. The summed E-state index contributed by atoms with van der Waals surface area (Å²) >= 11 is 1.29. The zero-order valence-corrected chi connectivity index (χ0v) is 21.8. The second-order valence-corrected chi connectivity index (χ2v) is 9.83. The van der Waals surface area contributed by atoms with E-state index in [9.17, 15) is 14.7 Å². The predicted octanol–water partition coefficient (Wildman–Crippen LogP) is 5.95. The van der Waals surface area contributed by atoms with Gasteiger partial charge in [0.2, 0.25) is 0 Å². The van der Waals surface area contributed by atoms with E-state index in [1.807, 2.05) is 57.2 Å². The number of ketones is 1. The minimum atomic E-state index is -0.863. The molecule has 1 aliphatic heterocycles. The average Bonchev–Trinajstić information content (AvgIpc) is 3.43. The number of hydrogen-bond donors (Lipinski definition) is 1. The van der Waals surface area contributed by atoms with Gasteiger partial charge in [-0.1, -0.05) is 41.2 Å². The number of benzene rings is 3. The molecule has 188 valence electrons. The molecular formula is C29H26N2O5S. The largest absolute Gasteiger partial charge is 0.507 e. The maximum absolute atomic E-state index is 13.5. The van der Waals surface area contributed by atoms with E-state index in [0.29, 0.717) is 39.9 Å². The summed E-state index contributed by atoms with van der Waals surface area (Å²) < 4.78 is 11.7. The summed E-state index contributed by atoms with van der Waals surface area (Å²) in [6.07, 6.45) is 0. The molecule has 0 saturated carbocycles. The molecule has 1 saturated heterocycles. The Morgan fingerprint density at radius 1 is 1.03 bits per heavy atom. The third kappa shape index (κ3) is 4.34. The lowest BCUT2D eigenvalue weighted by molar-refractivity contribution is -0.132. The van der Waals surface area contributed by atoms with Gasteiger partial charge in [-0.15, -0.1) is 0 Å². The van der Waals surface area contributed by atoms with Gasteiger partial charge in [0, 0.05) is 5.56 Å². The molecule has 0 aliphatic carbocycles. The maximum Gasteiger partial charge on any atom is 0.301 e. The SMILES string of the molecule is CCOc1ccc2nc(N3C(=O)C(=O)C(=C(O)c4cc(C)ccc4C)C3c3ccc(OC)cc3)sc2c1. The number of carbonyl (C=O) groups excluding carboxylic acids is 2. The Labute approximate surface area is 218 Å². The van der Waals surface area contributed by atoms with Crippen molar-refractivity contribution in [2.75, 3.05) is 18.6 Å². The summed E-state index contributed by atoms with van der Waals surface area (Å²) in [5, 5.41) is 11.8. The number of aryl methyl sites for hydroxylation is 2. The molecule has 1 unspecified atom stereocenters. The highest BCUT2D eigenvalue weighted by atomic mass is 32.1. The zero-order chi connectivity index (χ0) is 26.3. The van der Waals surface area contributed by atoms with E-state index in [4.69, 9.17) is 9.47 Å². The zero-order valence-electron chi connectivity index (χ0n) is 20.9. The molecule has 3 aromatic carbocycles. The van der Waals surface area contributed by atoms with Crippen molar-refractivity contribution in [3.05, 3.63) is 88.5 Å². The lowest BCUT2D eigenvalue weighted by atomic mass is 9.93. The van der Waals surface area contributed by atoms with E-state index in [1.54, 1.807) is 31.4 Å². The molecule has 4 aromatic rings. The molecule has 37 heavy (non-hydrogen) atoms. The molecule has 1 fully saturated rings. The van der Waals surface area contributed by atoms with Crippen molar-refractivity contribution in [2.45, 2.75) is 26.8 Å². The molecule has 1 atom stereocenters. The van der Waals surface area contributed by atoms with E-state index in [1.165, 1.54) is 16.2 Å². The molecule has 0 radical (unpaired) electrons. The van der Waals surface area contributed by atoms with Gasteiger partial charge < -0.3 is 14.6 Å². The van der Waals surface area contributed by atoms with Crippen LogP contribution in [-0.4, -0.2) is 35.5 Å². The number of hydrogen-bond acceptors (Lipinski definition) is 7. The van der Waals surface area contributed by atoms with Crippen LogP contribution in [0.2, 0.25) is 0 Å². The summed E-state index contributed by atoms with van der Waals surface area (Å²) in [4.78, 5) is 33.0. The first-order chi connectivity index (χ1) is 17.8. The summed E-state index contributed by atoms with van der Waals surface area (Å²) in [5.41, 5.74) is 3.61. The molecule has 1 aromatic heterocycles. The van der Waals surface area contributed by atoms with Crippen LogP contribution in [0.4, 0.5) is 5.13 Å². The fraction of sp³-hybridized carbons (Fsp3) is 0.207. The number of amides is 1. The number of methoxy groups -OCH3 is 1. The van der Waals surface area contributed by atoms with Gasteiger partial charge in [0.05, 0.1) is 35.5 Å². The molecule has 5 rings (SSSR count). The molecule has 1 aliphatic rings. The number of aliphatic hydroxyl groups is 1. The lowest BCUT2D eigenvalue weighted by Crippen LogP contribution is -2.29. The third-order valence-electron chi connectivity index (χ3n) is 6.39. The smallest absolute Gasteiger partial charge is 0.301 e. The molecule has 0 bridgehead atoms. The summed E-state index contributed by atoms with van der Waals surface area (Å²) in [5.74, 6) is -0.361. The van der Waals surface area contributed by atoms with E-state index < -0.39 is 17.7 Å². The lowest BCUT2D eigenvalue weighted by Gasteiger charge is -2.23. The van der Waals surface area contributed by atoms with Crippen LogP contribution in [0.25, 0.3) is 16.0 Å². The van der Waals surface area contributed by atoms with E-state index in [2.05, 4.69) is 4.98 Å². The van der Waals surface area contributed by atoms with Crippen molar-refractivity contribution >= 4 is 44.1 Å². The molecular weight excluding hydrogens is 488 g/mol. The van der Waals surface area contributed by atoms with Crippen LogP contribution in [0.5, 0.6) is 11.5 Å². The first kappa shape index (κ1) is 24.5. The van der Waals surface area contributed by atoms with Crippen LogP contribution >= 0.6 is 11.3 Å². The van der Waals surface area contributed by atoms with Gasteiger partial charge in [-0.05, 0) is 68.3 Å². The number of thiazole rings is 1. The second-order valence-electron chi connectivity index (χ2n) is 8.82. The monoisotopic (exact) mass is 514 g/mol. The molecule has 1 amide bonds. The Bertz CT molecular complexity index is 1550. The second kappa shape index (κ2) is 9.71. The number of anilines is 1. The molecule has 8 heteroatoms. The fourth-order valence-corrected chi connectivity index (χ4v) is 5.54. The van der Waals surface area contributed by atoms with Gasteiger partial charge in [-0.2, -0.15) is 0 Å². The van der Waals surface area contributed by atoms with Crippen LogP contribution in [0, 0.1) is 13.8 Å². The minimum absolute atomic E-state index is 0.0260. The quantitative estimate of drug-likeness (QED) is 0.194. The Morgan fingerprint density at radius 2 is 1.76 bits per heavy atom. The molecule has 0 spiro atoms. The van der Waals surface area contributed by atoms with E-state index >= 15 is 0 Å². The minimum Gasteiger partial charge on any atom is -0.507 e. The fourth-order valence-electron chi connectivity index (χ4n) is 4.52. The van der Waals surface area contributed by atoms with Gasteiger partial charge in [0.25, 0.3) is 5.78 Å². The van der Waals surface area contributed by atoms with Crippen LogP contribution in [-0.2, 0) is 9.59 Å². The van der Waals surface area contributed by atoms with E-state index in [0.717, 1.165) is 15.8 Å². The number of ether oxygens (including phenoxy) is 2. The van der Waals surface area contributed by atoms with Gasteiger partial charge in [0.1, 0.15) is 17.3 Å². The number of fused-ring (bicyclic) bond motifs is 1. The number of rotatable bonds is 6. The van der Waals surface area contributed by atoms with Crippen molar-refractivity contribution in [2.24, 2.45) is 0 Å². The molecule has 7 nitrogen and oxygen atoms in total. The summed E-state index contributed by atoms with van der Waals surface area (Å²) in [7, 11) is 1.57. The highest BCUT2D eigenvalue weighted by Gasteiger charge is 2.48. The van der Waals surface area contributed by atoms with Crippen LogP contribution in [0.1, 0.15) is 35.2 Å². The Morgan fingerprint density at radius 3 is 2.46 bits per heavy atom. The summed E-state index contributed by atoms with van der Waals surface area (Å²) in [6.45, 7) is 6.21. The van der Waals surface area contributed by atoms with Crippen LogP contribution < -0.4 is 14.4 Å². The Hall–Kier alpha value is -4.17. The van der Waals surface area contributed by atoms with Gasteiger partial charge in [0.15, 0.2) is 5.13 Å². The van der Waals surface area contributed by atoms with Crippen molar-refractivity contribution in [1.29, 1.82) is 0 Å². The normalized spacial score (nSPS) is 17.0. The molecule has 1 N–H and O–H groups in total. The number of carbonyl (C=O) groups is 2. The number of aromatic nitrogens is 1. The van der Waals surface area contributed by atoms with Crippen LogP contribution in [0.15, 0.2) is 66.2 Å². The topological polar surface area (TPSA) is 89.0 Å². The standard InChI is InChI=1S/C29H26N2O5S/c1-5-36-20-12-13-22-23(15-20)37-29(30-22)31-25(18-8-10-19(35-4)11-9-18)24(27(33)28(31)34)26(32)21-14-16(2)6-7-17(21)3/h6-15,25,32H,5H2,1-4H3. The third-order valence-corrected chi connectivity index (χ3v) is 7.41. The summed E-state index contributed by atoms with van der Waals surface area (Å²) in [6, 6.07) is 17.4. The Balaban J connectivity index is 1.71. The maximum atomic E-state index is 13.5. The van der Waals surface area contributed by atoms with E-state index in [-0.39, 0.29) is 11.3 Å². The number of nitrogens with zero attached hydrogens (tertiary/aromatic N) is 2.